The van der Waals surface area contributed by atoms with Gasteiger partial charge in [-0.05, 0) is 43.9 Å². The number of hydrogen-bond donors (Lipinski definition) is 2. The van der Waals surface area contributed by atoms with Crippen molar-refractivity contribution in [2.24, 2.45) is 5.92 Å². The quantitative estimate of drug-likeness (QED) is 0.761. The van der Waals surface area contributed by atoms with Gasteiger partial charge in [-0.15, -0.1) is 0 Å². The molecule has 1 amide bonds. The van der Waals surface area contributed by atoms with Gasteiger partial charge in [0.15, 0.2) is 6.04 Å². The zero-order valence-electron chi connectivity index (χ0n) is 16.5. The van der Waals surface area contributed by atoms with E-state index in [1.54, 1.807) is 7.11 Å². The van der Waals surface area contributed by atoms with Crippen molar-refractivity contribution in [1.29, 1.82) is 0 Å². The molecule has 0 spiro atoms. The van der Waals surface area contributed by atoms with Crippen molar-refractivity contribution in [3.63, 3.8) is 0 Å². The predicted octanol–water partition coefficient (Wildman–Crippen LogP) is 3.55. The van der Waals surface area contributed by atoms with E-state index in [2.05, 4.69) is 55.7 Å². The molecule has 2 aromatic carbocycles. The normalized spacial score (nSPS) is 13.3. The van der Waals surface area contributed by atoms with E-state index in [-0.39, 0.29) is 18.0 Å². The minimum absolute atomic E-state index is 0.0298. The highest BCUT2D eigenvalue weighted by molar-refractivity contribution is 5.94. The molecule has 0 unspecified atom stereocenters. The van der Waals surface area contributed by atoms with Gasteiger partial charge in [-0.25, -0.2) is 0 Å². The summed E-state index contributed by atoms with van der Waals surface area (Å²) in [5.41, 5.74) is 3.29. The zero-order valence-corrected chi connectivity index (χ0v) is 16.5. The average molecular weight is 356 g/mol. The Morgan fingerprint density at radius 2 is 1.69 bits per heavy atom. The SMILES string of the molecule is COc1ccccc1NC(=O)[C@@H](C)[NH2+][C@@H](C)c1ccc(CC(C)C)cc1. The summed E-state index contributed by atoms with van der Waals surface area (Å²) in [5.74, 6) is 1.29. The van der Waals surface area contributed by atoms with Crippen LogP contribution in [0.2, 0.25) is 0 Å². The molecule has 0 aliphatic carbocycles. The topological polar surface area (TPSA) is 54.9 Å². The molecule has 4 nitrogen and oxygen atoms in total. The lowest BCUT2D eigenvalue weighted by atomic mass is 9.99. The first-order valence-electron chi connectivity index (χ1n) is 9.28. The highest BCUT2D eigenvalue weighted by Crippen LogP contribution is 2.23. The number of ether oxygens (including phenoxy) is 1. The van der Waals surface area contributed by atoms with Crippen molar-refractivity contribution in [1.82, 2.24) is 0 Å². The van der Waals surface area contributed by atoms with Crippen molar-refractivity contribution >= 4 is 11.6 Å². The number of quaternary nitrogens is 1. The summed E-state index contributed by atoms with van der Waals surface area (Å²) in [4.78, 5) is 12.5. The van der Waals surface area contributed by atoms with Crippen molar-refractivity contribution in [3.8, 4) is 5.75 Å². The molecule has 0 aromatic heterocycles. The Labute approximate surface area is 157 Å². The van der Waals surface area contributed by atoms with Crippen molar-refractivity contribution in [2.45, 2.75) is 46.2 Å². The standard InChI is InChI=1S/C22H30N2O2/c1-15(2)14-18-10-12-19(13-11-18)16(3)23-17(4)22(25)24-20-8-6-7-9-21(20)26-5/h6-13,15-17,23H,14H2,1-5H3,(H,24,25)/p+1/t16-,17+/m0/s1. The Morgan fingerprint density at radius 3 is 2.31 bits per heavy atom. The molecule has 2 rings (SSSR count). The van der Waals surface area contributed by atoms with E-state index < -0.39 is 0 Å². The summed E-state index contributed by atoms with van der Waals surface area (Å²) in [7, 11) is 1.60. The van der Waals surface area contributed by atoms with Crippen LogP contribution in [-0.2, 0) is 11.2 Å². The van der Waals surface area contributed by atoms with E-state index in [0.717, 1.165) is 6.42 Å². The van der Waals surface area contributed by atoms with Crippen LogP contribution in [0.25, 0.3) is 0 Å². The number of benzene rings is 2. The van der Waals surface area contributed by atoms with Gasteiger partial charge in [0.1, 0.15) is 11.8 Å². The van der Waals surface area contributed by atoms with Crippen molar-refractivity contribution in [3.05, 3.63) is 59.7 Å². The second-order valence-corrected chi connectivity index (χ2v) is 7.30. The molecule has 0 heterocycles. The van der Waals surface area contributed by atoms with E-state index in [0.29, 0.717) is 17.4 Å². The Balaban J connectivity index is 1.95. The Bertz CT molecular complexity index is 710. The Hall–Kier alpha value is -2.33. The van der Waals surface area contributed by atoms with Gasteiger partial charge in [-0.2, -0.15) is 0 Å². The highest BCUT2D eigenvalue weighted by atomic mass is 16.5. The molecule has 3 N–H and O–H groups in total. The van der Waals surface area contributed by atoms with Gasteiger partial charge in [0.05, 0.1) is 12.8 Å². The summed E-state index contributed by atoms with van der Waals surface area (Å²) in [5, 5.41) is 5.04. The summed E-state index contributed by atoms with van der Waals surface area (Å²) in [6, 6.07) is 16.2. The maximum absolute atomic E-state index is 12.5. The number of carbonyl (C=O) groups is 1. The van der Waals surface area contributed by atoms with Gasteiger partial charge in [-0.1, -0.05) is 50.2 Å². The highest BCUT2D eigenvalue weighted by Gasteiger charge is 2.21. The molecule has 26 heavy (non-hydrogen) atoms. The third-order valence-electron chi connectivity index (χ3n) is 4.51. The minimum Gasteiger partial charge on any atom is -0.495 e. The fourth-order valence-electron chi connectivity index (χ4n) is 3.05. The molecule has 0 radical (unpaired) electrons. The predicted molar refractivity (Wildman–Crippen MR) is 106 cm³/mol. The Kier molecular flexibility index (Phi) is 7.22. The number of anilines is 1. The van der Waals surface area contributed by atoms with E-state index in [1.165, 1.54) is 11.1 Å². The van der Waals surface area contributed by atoms with E-state index in [1.807, 2.05) is 31.2 Å². The van der Waals surface area contributed by atoms with Gasteiger partial charge in [0.25, 0.3) is 5.91 Å². The molecule has 0 saturated heterocycles. The molecular formula is C22H31N2O2+. The van der Waals surface area contributed by atoms with Gasteiger partial charge in [-0.3, -0.25) is 4.79 Å². The van der Waals surface area contributed by atoms with Gasteiger partial charge in [0, 0.05) is 5.56 Å². The molecular weight excluding hydrogens is 324 g/mol. The molecule has 0 fully saturated rings. The second kappa shape index (κ2) is 9.39. The Morgan fingerprint density at radius 1 is 1.04 bits per heavy atom. The van der Waals surface area contributed by atoms with Crippen molar-refractivity contribution in [2.75, 3.05) is 12.4 Å². The number of amides is 1. The molecule has 2 aromatic rings. The summed E-state index contributed by atoms with van der Waals surface area (Å²) < 4.78 is 5.29. The summed E-state index contributed by atoms with van der Waals surface area (Å²) >= 11 is 0. The second-order valence-electron chi connectivity index (χ2n) is 7.30. The first kappa shape index (κ1) is 20.0. The first-order chi connectivity index (χ1) is 12.4. The minimum atomic E-state index is -0.203. The molecule has 2 atom stereocenters. The van der Waals surface area contributed by atoms with Crippen molar-refractivity contribution < 1.29 is 14.8 Å². The lowest BCUT2D eigenvalue weighted by Crippen LogP contribution is -2.91. The number of nitrogens with two attached hydrogens (primary N) is 1. The number of nitrogens with one attached hydrogen (secondary N) is 1. The molecule has 140 valence electrons. The van der Waals surface area contributed by atoms with Crippen LogP contribution >= 0.6 is 0 Å². The van der Waals surface area contributed by atoms with Gasteiger partial charge >= 0.3 is 0 Å². The van der Waals surface area contributed by atoms with Crippen LogP contribution in [0, 0.1) is 5.92 Å². The smallest absolute Gasteiger partial charge is 0.282 e. The lowest BCUT2D eigenvalue weighted by molar-refractivity contribution is -0.709. The number of hydrogen-bond acceptors (Lipinski definition) is 2. The fourth-order valence-corrected chi connectivity index (χ4v) is 3.05. The monoisotopic (exact) mass is 355 g/mol. The maximum atomic E-state index is 12.5. The summed E-state index contributed by atoms with van der Waals surface area (Å²) in [6.07, 6.45) is 1.09. The van der Waals surface area contributed by atoms with E-state index in [4.69, 9.17) is 4.74 Å². The molecule has 0 aliphatic rings. The van der Waals surface area contributed by atoms with Gasteiger partial charge < -0.3 is 15.4 Å². The third-order valence-corrected chi connectivity index (χ3v) is 4.51. The average Bonchev–Trinajstić information content (AvgIpc) is 2.62. The number of carbonyl (C=O) groups excluding carboxylic acids is 1. The molecule has 4 heteroatoms. The summed E-state index contributed by atoms with van der Waals surface area (Å²) in [6.45, 7) is 8.51. The van der Waals surface area contributed by atoms with Gasteiger partial charge in [0.2, 0.25) is 0 Å². The largest absolute Gasteiger partial charge is 0.495 e. The number of rotatable bonds is 8. The zero-order chi connectivity index (χ0) is 19.1. The van der Waals surface area contributed by atoms with Crippen LogP contribution in [-0.4, -0.2) is 19.1 Å². The molecule has 0 aliphatic heterocycles. The van der Waals surface area contributed by atoms with Crippen LogP contribution < -0.4 is 15.4 Å². The van der Waals surface area contributed by atoms with Crippen LogP contribution in [0.3, 0.4) is 0 Å². The molecule has 0 bridgehead atoms. The van der Waals surface area contributed by atoms with Crippen LogP contribution in [0.1, 0.15) is 44.9 Å². The van der Waals surface area contributed by atoms with E-state index in [9.17, 15) is 4.79 Å². The maximum Gasteiger partial charge on any atom is 0.282 e. The first-order valence-corrected chi connectivity index (χ1v) is 9.28. The third kappa shape index (κ3) is 5.60. The fraction of sp³-hybridized carbons (Fsp3) is 0.409. The number of para-hydroxylation sites is 2. The molecule has 0 saturated carbocycles. The number of methoxy groups -OCH3 is 1. The van der Waals surface area contributed by atoms with Crippen LogP contribution in [0.4, 0.5) is 5.69 Å². The van der Waals surface area contributed by atoms with Crippen LogP contribution in [0.15, 0.2) is 48.5 Å². The van der Waals surface area contributed by atoms with E-state index >= 15 is 0 Å². The van der Waals surface area contributed by atoms with Crippen LogP contribution in [0.5, 0.6) is 5.75 Å². The lowest BCUT2D eigenvalue weighted by Gasteiger charge is -2.18.